The fraction of sp³-hybridized carbons (Fsp3) is 0.222. The summed E-state index contributed by atoms with van der Waals surface area (Å²) < 4.78 is 0. The van der Waals surface area contributed by atoms with Crippen molar-refractivity contribution in [1.82, 2.24) is 0 Å². The van der Waals surface area contributed by atoms with Crippen LogP contribution in [-0.2, 0) is 0 Å². The first-order valence-corrected chi connectivity index (χ1v) is 4.65. The summed E-state index contributed by atoms with van der Waals surface area (Å²) in [4.78, 5) is 21.4. The molecule has 0 aliphatic rings. The monoisotopic (exact) mass is 228 g/mol. The second-order valence-electron chi connectivity index (χ2n) is 3.00. The second kappa shape index (κ2) is 4.27. The number of nitrogens with zero attached hydrogens (tertiary/aromatic N) is 1. The molecule has 0 heterocycles. The highest BCUT2D eigenvalue weighted by atomic mass is 35.5. The van der Waals surface area contributed by atoms with Gasteiger partial charge >= 0.3 is 0 Å². The van der Waals surface area contributed by atoms with Crippen molar-refractivity contribution in [1.29, 1.82) is 0 Å². The Bertz CT molecular complexity index is 432. The van der Waals surface area contributed by atoms with E-state index in [9.17, 15) is 14.9 Å². The number of hydrogen-bond donors (Lipinski definition) is 1. The molecule has 1 rings (SSSR count). The van der Waals surface area contributed by atoms with E-state index in [0.717, 1.165) is 0 Å². The first-order valence-electron chi connectivity index (χ1n) is 4.11. The zero-order chi connectivity index (χ0) is 11.6. The van der Waals surface area contributed by atoms with Crippen LogP contribution in [0.5, 0.6) is 0 Å². The molecule has 0 radical (unpaired) electrons. The van der Waals surface area contributed by atoms with E-state index in [2.05, 4.69) is 0 Å². The van der Waals surface area contributed by atoms with Crippen LogP contribution < -0.4 is 5.73 Å². The van der Waals surface area contributed by atoms with Crippen LogP contribution in [-0.4, -0.2) is 16.6 Å². The molecule has 0 saturated carbocycles. The molecular weight excluding hydrogens is 220 g/mol. The summed E-state index contributed by atoms with van der Waals surface area (Å²) in [6, 6.07) is 2.75. The van der Waals surface area contributed by atoms with Crippen LogP contribution in [0.1, 0.15) is 15.9 Å². The fourth-order valence-corrected chi connectivity index (χ4v) is 1.36. The van der Waals surface area contributed by atoms with Crippen LogP contribution in [0.25, 0.3) is 0 Å². The van der Waals surface area contributed by atoms with E-state index in [4.69, 9.17) is 17.3 Å². The van der Waals surface area contributed by atoms with Crippen molar-refractivity contribution in [3.8, 4) is 0 Å². The summed E-state index contributed by atoms with van der Waals surface area (Å²) in [6.07, 6.45) is 0. The average molecular weight is 229 g/mol. The molecule has 5 nitrogen and oxygen atoms in total. The number of alkyl halides is 1. The number of nitro benzene ring substituents is 1. The van der Waals surface area contributed by atoms with Crippen molar-refractivity contribution in [2.24, 2.45) is 0 Å². The van der Waals surface area contributed by atoms with E-state index in [1.807, 2.05) is 0 Å². The average Bonchev–Trinajstić information content (AvgIpc) is 2.20. The minimum atomic E-state index is -0.643. The molecule has 0 amide bonds. The van der Waals surface area contributed by atoms with Gasteiger partial charge in [-0.1, -0.05) is 6.07 Å². The van der Waals surface area contributed by atoms with Crippen LogP contribution in [0, 0.1) is 17.0 Å². The van der Waals surface area contributed by atoms with Gasteiger partial charge in [-0.15, -0.1) is 11.6 Å². The highest BCUT2D eigenvalue weighted by Gasteiger charge is 2.23. The molecule has 0 unspecified atom stereocenters. The number of rotatable bonds is 3. The highest BCUT2D eigenvalue weighted by Crippen LogP contribution is 2.27. The lowest BCUT2D eigenvalue weighted by Crippen LogP contribution is -2.10. The molecule has 0 saturated heterocycles. The summed E-state index contributed by atoms with van der Waals surface area (Å²) >= 11 is 5.36. The van der Waals surface area contributed by atoms with Crippen molar-refractivity contribution < 1.29 is 9.72 Å². The lowest BCUT2D eigenvalue weighted by atomic mass is 10.0. The number of Topliss-reactive ketones (excluding diaryl/α,β-unsaturated/α-hetero) is 1. The van der Waals surface area contributed by atoms with E-state index in [0.29, 0.717) is 5.56 Å². The molecular formula is C9H9ClN2O3. The molecule has 1 aromatic carbocycles. The van der Waals surface area contributed by atoms with Gasteiger partial charge in [0.05, 0.1) is 16.5 Å². The van der Waals surface area contributed by atoms with E-state index in [1.54, 1.807) is 6.92 Å². The number of hydrogen-bond acceptors (Lipinski definition) is 4. The second-order valence-corrected chi connectivity index (χ2v) is 3.27. The third-order valence-electron chi connectivity index (χ3n) is 2.04. The molecule has 0 bridgehead atoms. The maximum Gasteiger partial charge on any atom is 0.282 e. The summed E-state index contributed by atoms with van der Waals surface area (Å²) in [5.41, 5.74) is 5.95. The number of aryl methyl sites for hydroxylation is 1. The number of ketones is 1. The number of anilines is 1. The number of nitrogens with two attached hydrogens (primary N) is 1. The topological polar surface area (TPSA) is 86.2 Å². The number of benzene rings is 1. The van der Waals surface area contributed by atoms with Crippen LogP contribution in [0.15, 0.2) is 12.1 Å². The molecule has 0 aromatic heterocycles. The minimum Gasteiger partial charge on any atom is -0.398 e. The van der Waals surface area contributed by atoms with Gasteiger partial charge < -0.3 is 5.73 Å². The number of carbonyl (C=O) groups is 1. The number of nitrogen functional groups attached to an aromatic ring is 1. The summed E-state index contributed by atoms with van der Waals surface area (Å²) in [6.45, 7) is 1.67. The van der Waals surface area contributed by atoms with Crippen molar-refractivity contribution in [3.05, 3.63) is 33.4 Å². The standard InChI is InChI=1S/C9H9ClN2O3/c1-5-2-3-6(12(14)15)8(9(5)11)7(13)4-10/h2-3H,4,11H2,1H3. The van der Waals surface area contributed by atoms with Gasteiger partial charge in [-0.05, 0) is 12.5 Å². The van der Waals surface area contributed by atoms with Crippen LogP contribution in [0.3, 0.4) is 0 Å². The van der Waals surface area contributed by atoms with Gasteiger partial charge in [0.15, 0.2) is 5.78 Å². The molecule has 0 aliphatic heterocycles. The third-order valence-corrected chi connectivity index (χ3v) is 2.28. The van der Waals surface area contributed by atoms with Crippen molar-refractivity contribution >= 4 is 28.8 Å². The molecule has 1 aromatic rings. The Hall–Kier alpha value is -1.62. The molecule has 6 heteroatoms. The number of nitro groups is 1. The predicted octanol–water partition coefficient (Wildman–Crippen LogP) is 1.91. The lowest BCUT2D eigenvalue weighted by molar-refractivity contribution is -0.385. The number of carbonyl (C=O) groups excluding carboxylic acids is 1. The smallest absolute Gasteiger partial charge is 0.282 e. The van der Waals surface area contributed by atoms with Gasteiger partial charge in [-0.2, -0.15) is 0 Å². The number of halogens is 1. The maximum atomic E-state index is 11.4. The SMILES string of the molecule is Cc1ccc([N+](=O)[O-])c(C(=O)CCl)c1N. The first-order chi connectivity index (χ1) is 6.99. The Labute approximate surface area is 91.0 Å². The Morgan fingerprint density at radius 1 is 1.60 bits per heavy atom. The van der Waals surface area contributed by atoms with Crippen LogP contribution >= 0.6 is 11.6 Å². The molecule has 0 atom stereocenters. The van der Waals surface area contributed by atoms with E-state index >= 15 is 0 Å². The molecule has 80 valence electrons. The molecule has 15 heavy (non-hydrogen) atoms. The van der Waals surface area contributed by atoms with Gasteiger partial charge in [-0.25, -0.2) is 0 Å². The fourth-order valence-electron chi connectivity index (χ4n) is 1.22. The largest absolute Gasteiger partial charge is 0.398 e. The quantitative estimate of drug-likeness (QED) is 0.281. The lowest BCUT2D eigenvalue weighted by Gasteiger charge is -2.06. The Balaban J connectivity index is 3.48. The molecule has 2 N–H and O–H groups in total. The van der Waals surface area contributed by atoms with Crippen molar-refractivity contribution in [2.75, 3.05) is 11.6 Å². The van der Waals surface area contributed by atoms with Crippen LogP contribution in [0.2, 0.25) is 0 Å². The summed E-state index contributed by atoms with van der Waals surface area (Å²) in [5, 5.41) is 10.7. The highest BCUT2D eigenvalue weighted by molar-refractivity contribution is 6.31. The van der Waals surface area contributed by atoms with Crippen molar-refractivity contribution in [2.45, 2.75) is 6.92 Å². The normalized spacial score (nSPS) is 10.0. The molecule has 0 spiro atoms. The van der Waals surface area contributed by atoms with Crippen molar-refractivity contribution in [3.63, 3.8) is 0 Å². The maximum absolute atomic E-state index is 11.4. The summed E-state index contributed by atoms with van der Waals surface area (Å²) in [5.74, 6) is -0.862. The Kier molecular flexibility index (Phi) is 3.26. The van der Waals surface area contributed by atoms with Gasteiger partial charge in [0.2, 0.25) is 0 Å². The van der Waals surface area contributed by atoms with E-state index in [1.165, 1.54) is 12.1 Å². The predicted molar refractivity (Wildman–Crippen MR) is 57.3 cm³/mol. The molecule has 0 fully saturated rings. The van der Waals surface area contributed by atoms with E-state index < -0.39 is 10.7 Å². The Morgan fingerprint density at radius 3 is 2.67 bits per heavy atom. The summed E-state index contributed by atoms with van der Waals surface area (Å²) in [7, 11) is 0. The zero-order valence-electron chi connectivity index (χ0n) is 7.99. The van der Waals surface area contributed by atoms with Gasteiger partial charge in [0.1, 0.15) is 5.56 Å². The first kappa shape index (κ1) is 11.5. The van der Waals surface area contributed by atoms with Gasteiger partial charge in [0, 0.05) is 6.07 Å². The van der Waals surface area contributed by atoms with Gasteiger partial charge in [-0.3, -0.25) is 14.9 Å². The van der Waals surface area contributed by atoms with E-state index in [-0.39, 0.29) is 22.8 Å². The molecule has 0 aliphatic carbocycles. The van der Waals surface area contributed by atoms with Crippen LogP contribution in [0.4, 0.5) is 11.4 Å². The van der Waals surface area contributed by atoms with Gasteiger partial charge in [0.25, 0.3) is 5.69 Å². The minimum absolute atomic E-state index is 0.102. The zero-order valence-corrected chi connectivity index (χ0v) is 8.75. The Morgan fingerprint density at radius 2 is 2.20 bits per heavy atom. The third kappa shape index (κ3) is 2.07.